The standard InChI is InChI=1S/C20H19N3O3/c21-12-14-3-1-2-4-16(14)17-6-5-15(26-17)13-22-8-7-20-18(22)11-19(24)23(20)9-10-25-20/h1-6,18H,7-11,13H2/t18-,20+/m1/s1. The van der Waals surface area contributed by atoms with E-state index >= 15 is 0 Å². The molecule has 3 aliphatic rings. The van der Waals surface area contributed by atoms with Crippen LogP contribution in [-0.2, 0) is 16.1 Å². The van der Waals surface area contributed by atoms with Gasteiger partial charge in [0.1, 0.15) is 11.5 Å². The van der Waals surface area contributed by atoms with Gasteiger partial charge >= 0.3 is 0 Å². The van der Waals surface area contributed by atoms with Crippen LogP contribution in [-0.4, -0.2) is 47.2 Å². The number of rotatable bonds is 3. The van der Waals surface area contributed by atoms with Crippen molar-refractivity contribution < 1.29 is 13.9 Å². The Morgan fingerprint density at radius 2 is 2.12 bits per heavy atom. The Bertz CT molecular complexity index is 915. The van der Waals surface area contributed by atoms with Gasteiger partial charge in [-0.15, -0.1) is 0 Å². The summed E-state index contributed by atoms with van der Waals surface area (Å²) in [4.78, 5) is 16.5. The molecule has 26 heavy (non-hydrogen) atoms. The fraction of sp³-hybridized carbons (Fsp3) is 0.400. The number of benzene rings is 1. The molecule has 0 unspecified atom stereocenters. The highest BCUT2D eigenvalue weighted by Gasteiger charge is 2.61. The van der Waals surface area contributed by atoms with Crippen molar-refractivity contribution in [2.75, 3.05) is 19.7 Å². The maximum Gasteiger partial charge on any atom is 0.226 e. The normalized spacial score (nSPS) is 27.6. The molecular weight excluding hydrogens is 330 g/mol. The number of hydrogen-bond donors (Lipinski definition) is 0. The Morgan fingerprint density at radius 1 is 1.23 bits per heavy atom. The van der Waals surface area contributed by atoms with Gasteiger partial charge in [0.05, 0.1) is 30.8 Å². The topological polar surface area (TPSA) is 69.7 Å². The number of amides is 1. The van der Waals surface area contributed by atoms with Crippen molar-refractivity contribution in [2.45, 2.75) is 31.2 Å². The minimum Gasteiger partial charge on any atom is -0.460 e. The number of likely N-dealkylation sites (tertiary alicyclic amines) is 1. The van der Waals surface area contributed by atoms with Gasteiger partial charge in [0.2, 0.25) is 5.91 Å². The molecule has 1 aromatic carbocycles. The first-order valence-electron chi connectivity index (χ1n) is 8.98. The molecule has 3 saturated heterocycles. The average molecular weight is 349 g/mol. The number of nitrogens with zero attached hydrogens (tertiary/aromatic N) is 3. The summed E-state index contributed by atoms with van der Waals surface area (Å²) >= 11 is 0. The number of hydrogen-bond acceptors (Lipinski definition) is 5. The van der Waals surface area contributed by atoms with E-state index in [1.807, 2.05) is 35.2 Å². The molecule has 0 aliphatic carbocycles. The Morgan fingerprint density at radius 3 is 3.00 bits per heavy atom. The molecule has 4 heterocycles. The summed E-state index contributed by atoms with van der Waals surface area (Å²) < 4.78 is 12.1. The van der Waals surface area contributed by atoms with Gasteiger partial charge in [0.25, 0.3) is 0 Å². The van der Waals surface area contributed by atoms with Crippen LogP contribution in [0.25, 0.3) is 11.3 Å². The first-order chi connectivity index (χ1) is 12.7. The van der Waals surface area contributed by atoms with E-state index in [0.717, 1.165) is 24.3 Å². The Balaban J connectivity index is 1.38. The molecule has 1 spiro atoms. The predicted octanol–water partition coefficient (Wildman–Crippen LogP) is 2.35. The molecule has 1 amide bonds. The van der Waals surface area contributed by atoms with Crippen LogP contribution in [0.1, 0.15) is 24.2 Å². The van der Waals surface area contributed by atoms with Crippen LogP contribution >= 0.6 is 0 Å². The summed E-state index contributed by atoms with van der Waals surface area (Å²) in [6, 6.07) is 13.6. The van der Waals surface area contributed by atoms with Crippen molar-refractivity contribution in [1.82, 2.24) is 9.80 Å². The van der Waals surface area contributed by atoms with E-state index < -0.39 is 5.72 Å². The lowest BCUT2D eigenvalue weighted by molar-refractivity contribution is -0.136. The van der Waals surface area contributed by atoms with Crippen LogP contribution < -0.4 is 0 Å². The van der Waals surface area contributed by atoms with Crippen LogP contribution in [0.4, 0.5) is 0 Å². The van der Waals surface area contributed by atoms with Crippen LogP contribution in [0.5, 0.6) is 0 Å². The first-order valence-corrected chi connectivity index (χ1v) is 8.98. The van der Waals surface area contributed by atoms with Gasteiger partial charge in [-0.1, -0.05) is 12.1 Å². The highest BCUT2D eigenvalue weighted by atomic mass is 16.5. The molecule has 6 nitrogen and oxygen atoms in total. The van der Waals surface area contributed by atoms with Crippen molar-refractivity contribution in [3.8, 4) is 17.4 Å². The molecule has 2 atom stereocenters. The zero-order valence-corrected chi connectivity index (χ0v) is 14.4. The van der Waals surface area contributed by atoms with E-state index in [4.69, 9.17) is 9.15 Å². The van der Waals surface area contributed by atoms with Crippen LogP contribution in [0.15, 0.2) is 40.8 Å². The van der Waals surface area contributed by atoms with Gasteiger partial charge < -0.3 is 14.1 Å². The van der Waals surface area contributed by atoms with Crippen LogP contribution in [0.3, 0.4) is 0 Å². The Kier molecular flexibility index (Phi) is 3.42. The predicted molar refractivity (Wildman–Crippen MR) is 92.7 cm³/mol. The van der Waals surface area contributed by atoms with Crippen molar-refractivity contribution >= 4 is 5.91 Å². The van der Waals surface area contributed by atoms with Gasteiger partial charge in [-0.3, -0.25) is 9.69 Å². The minimum atomic E-state index is -0.417. The fourth-order valence-corrected chi connectivity index (χ4v) is 4.67. The fourth-order valence-electron chi connectivity index (χ4n) is 4.67. The van der Waals surface area contributed by atoms with Crippen LogP contribution in [0, 0.1) is 11.3 Å². The highest BCUT2D eigenvalue weighted by molar-refractivity contribution is 5.81. The number of carbonyl (C=O) groups is 1. The van der Waals surface area contributed by atoms with Crippen LogP contribution in [0.2, 0.25) is 0 Å². The summed E-state index contributed by atoms with van der Waals surface area (Å²) in [5.41, 5.74) is 0.991. The van der Waals surface area contributed by atoms with E-state index in [0.29, 0.717) is 37.4 Å². The lowest BCUT2D eigenvalue weighted by Gasteiger charge is -2.31. The molecule has 3 aliphatic heterocycles. The van der Waals surface area contributed by atoms with Gasteiger partial charge in [0, 0.05) is 31.5 Å². The minimum absolute atomic E-state index is 0.0949. The molecule has 0 N–H and O–H groups in total. The number of carbonyl (C=O) groups excluding carboxylic acids is 1. The zero-order chi connectivity index (χ0) is 17.7. The monoisotopic (exact) mass is 349 g/mol. The summed E-state index contributed by atoms with van der Waals surface area (Å²) in [7, 11) is 0. The molecular formula is C20H19N3O3. The van der Waals surface area contributed by atoms with Gasteiger partial charge in [-0.25, -0.2) is 0 Å². The smallest absolute Gasteiger partial charge is 0.226 e. The maximum absolute atomic E-state index is 12.3. The summed E-state index contributed by atoms with van der Waals surface area (Å²) in [6.45, 7) is 2.87. The molecule has 3 fully saturated rings. The quantitative estimate of drug-likeness (QED) is 0.851. The second-order valence-corrected chi connectivity index (χ2v) is 7.10. The van der Waals surface area contributed by atoms with E-state index in [9.17, 15) is 10.1 Å². The van der Waals surface area contributed by atoms with E-state index in [-0.39, 0.29) is 11.9 Å². The molecule has 1 aromatic heterocycles. The molecule has 132 valence electrons. The average Bonchev–Trinajstić information content (AvgIpc) is 3.40. The maximum atomic E-state index is 12.3. The lowest BCUT2D eigenvalue weighted by atomic mass is 10.1. The SMILES string of the molecule is N#Cc1ccccc1-c1ccc(CN2CC[C@@]34OCCN3C(=O)C[C@@H]24)o1. The lowest BCUT2D eigenvalue weighted by Crippen LogP contribution is -2.47. The third kappa shape index (κ3) is 2.14. The molecule has 5 rings (SSSR count). The molecule has 0 saturated carbocycles. The summed E-state index contributed by atoms with van der Waals surface area (Å²) in [5, 5.41) is 9.28. The molecule has 0 radical (unpaired) electrons. The number of ether oxygens (including phenoxy) is 1. The third-order valence-corrected chi connectivity index (χ3v) is 5.85. The van der Waals surface area contributed by atoms with Crippen molar-refractivity contribution in [3.05, 3.63) is 47.7 Å². The molecule has 6 heteroatoms. The number of furan rings is 1. The van der Waals surface area contributed by atoms with E-state index in [1.165, 1.54) is 0 Å². The number of nitriles is 1. The molecule has 2 aromatic rings. The summed E-state index contributed by atoms with van der Waals surface area (Å²) in [6.07, 6.45) is 1.37. The van der Waals surface area contributed by atoms with Crippen molar-refractivity contribution in [1.29, 1.82) is 5.26 Å². The highest BCUT2D eigenvalue weighted by Crippen LogP contribution is 2.46. The van der Waals surface area contributed by atoms with Crippen molar-refractivity contribution in [3.63, 3.8) is 0 Å². The second kappa shape index (κ2) is 5.70. The van der Waals surface area contributed by atoms with Gasteiger partial charge in [-0.05, 0) is 24.3 Å². The Labute approximate surface area is 151 Å². The van der Waals surface area contributed by atoms with E-state index in [2.05, 4.69) is 11.0 Å². The molecule has 0 bridgehead atoms. The van der Waals surface area contributed by atoms with Gasteiger partial charge in [0.15, 0.2) is 5.72 Å². The first kappa shape index (κ1) is 15.6. The third-order valence-electron chi connectivity index (χ3n) is 5.85. The largest absolute Gasteiger partial charge is 0.460 e. The van der Waals surface area contributed by atoms with E-state index in [1.54, 1.807) is 6.07 Å². The van der Waals surface area contributed by atoms with Crippen molar-refractivity contribution in [2.24, 2.45) is 0 Å². The second-order valence-electron chi connectivity index (χ2n) is 7.10. The zero-order valence-electron chi connectivity index (χ0n) is 14.4. The Hall–Kier alpha value is -2.62. The summed E-state index contributed by atoms with van der Waals surface area (Å²) in [5.74, 6) is 1.74. The van der Waals surface area contributed by atoms with Gasteiger partial charge in [-0.2, -0.15) is 5.26 Å².